The molecule has 0 bridgehead atoms. The number of ketones is 1. The number of hydrogen-bond donors (Lipinski definition) is 2. The number of nitrogen functional groups attached to an aromatic ring is 1. The normalized spacial score (nSPS) is 10.9. The van der Waals surface area contributed by atoms with Crippen LogP contribution >= 0.6 is 11.6 Å². The Morgan fingerprint density at radius 2 is 1.93 bits per heavy atom. The lowest BCUT2D eigenvalue weighted by molar-refractivity contribution is 0.0471. The molecule has 0 unspecified atom stereocenters. The van der Waals surface area contributed by atoms with Gasteiger partial charge in [0, 0.05) is 18.6 Å². The molecule has 0 amide bonds. The summed E-state index contributed by atoms with van der Waals surface area (Å²) in [7, 11) is 1.23. The Balaban J connectivity index is 2.33. The Bertz CT molecular complexity index is 1050. The standard InChI is InChI=1S/C18H20ClN3O6/c1-9(2)7-22-15(20)14(16(25)21(3)18(22)27)13(24)8-28-17(26)11-6-10(19)4-5-12(11)23/h4-6,9,23H,7-8,20H2,1-3H3. The summed E-state index contributed by atoms with van der Waals surface area (Å²) in [6.45, 7) is 3.09. The number of hydrogen-bond acceptors (Lipinski definition) is 7. The maximum absolute atomic E-state index is 12.5. The summed E-state index contributed by atoms with van der Waals surface area (Å²) in [5.41, 5.74) is 3.70. The van der Waals surface area contributed by atoms with Crippen LogP contribution in [0.5, 0.6) is 5.75 Å². The largest absolute Gasteiger partial charge is 0.507 e. The van der Waals surface area contributed by atoms with Crippen LogP contribution in [0, 0.1) is 5.92 Å². The Hall–Kier alpha value is -3.07. The predicted molar refractivity (Wildman–Crippen MR) is 103 cm³/mol. The molecule has 1 aromatic heterocycles. The molecule has 3 N–H and O–H groups in total. The second-order valence-electron chi connectivity index (χ2n) is 6.57. The molecule has 2 rings (SSSR count). The number of anilines is 1. The van der Waals surface area contributed by atoms with Crippen molar-refractivity contribution in [1.29, 1.82) is 0 Å². The summed E-state index contributed by atoms with van der Waals surface area (Å²) in [6, 6.07) is 3.76. The van der Waals surface area contributed by atoms with Crippen LogP contribution < -0.4 is 17.0 Å². The maximum atomic E-state index is 12.5. The van der Waals surface area contributed by atoms with E-state index in [9.17, 15) is 24.3 Å². The van der Waals surface area contributed by atoms with Crippen LogP contribution in [-0.2, 0) is 18.3 Å². The first kappa shape index (κ1) is 21.2. The van der Waals surface area contributed by atoms with Crippen molar-refractivity contribution in [3.63, 3.8) is 0 Å². The van der Waals surface area contributed by atoms with Crippen molar-refractivity contribution in [2.45, 2.75) is 20.4 Å². The van der Waals surface area contributed by atoms with Crippen molar-refractivity contribution in [3.8, 4) is 5.75 Å². The van der Waals surface area contributed by atoms with Crippen LogP contribution in [0.4, 0.5) is 5.82 Å². The van der Waals surface area contributed by atoms with Crippen LogP contribution in [0.1, 0.15) is 34.6 Å². The van der Waals surface area contributed by atoms with E-state index in [2.05, 4.69) is 0 Å². The van der Waals surface area contributed by atoms with Gasteiger partial charge in [0.25, 0.3) is 5.56 Å². The van der Waals surface area contributed by atoms with Gasteiger partial charge in [-0.2, -0.15) is 0 Å². The molecule has 0 aliphatic rings. The van der Waals surface area contributed by atoms with Crippen molar-refractivity contribution in [1.82, 2.24) is 9.13 Å². The molecule has 28 heavy (non-hydrogen) atoms. The minimum Gasteiger partial charge on any atom is -0.507 e. The average Bonchev–Trinajstić information content (AvgIpc) is 2.63. The van der Waals surface area contributed by atoms with Crippen LogP contribution in [0.25, 0.3) is 0 Å². The summed E-state index contributed by atoms with van der Waals surface area (Å²) >= 11 is 5.77. The Morgan fingerprint density at radius 1 is 1.29 bits per heavy atom. The number of benzene rings is 1. The smallest absolute Gasteiger partial charge is 0.342 e. The number of nitrogens with zero attached hydrogens (tertiary/aromatic N) is 2. The van der Waals surface area contributed by atoms with Crippen LogP contribution in [0.15, 0.2) is 27.8 Å². The molecule has 9 nitrogen and oxygen atoms in total. The molecule has 2 aromatic rings. The van der Waals surface area contributed by atoms with E-state index >= 15 is 0 Å². The van der Waals surface area contributed by atoms with Gasteiger partial charge in [0.1, 0.15) is 22.7 Å². The van der Waals surface area contributed by atoms with E-state index in [1.807, 2.05) is 13.8 Å². The zero-order valence-electron chi connectivity index (χ0n) is 15.6. The molecule has 0 aliphatic carbocycles. The van der Waals surface area contributed by atoms with E-state index in [1.165, 1.54) is 25.2 Å². The summed E-state index contributed by atoms with van der Waals surface area (Å²) in [4.78, 5) is 49.2. The SMILES string of the molecule is CC(C)Cn1c(N)c(C(=O)COC(=O)c2cc(Cl)ccc2O)c(=O)n(C)c1=O. The Morgan fingerprint density at radius 3 is 2.54 bits per heavy atom. The van der Waals surface area contributed by atoms with Gasteiger partial charge in [-0.25, -0.2) is 9.59 Å². The quantitative estimate of drug-likeness (QED) is 0.540. The Labute approximate surface area is 164 Å². The van der Waals surface area contributed by atoms with E-state index in [-0.39, 0.29) is 34.6 Å². The second kappa shape index (κ2) is 8.30. The van der Waals surface area contributed by atoms with Gasteiger partial charge in [0.05, 0.1) is 0 Å². The summed E-state index contributed by atoms with van der Waals surface area (Å²) in [5, 5.41) is 9.90. The van der Waals surface area contributed by atoms with Gasteiger partial charge in [-0.05, 0) is 24.1 Å². The van der Waals surface area contributed by atoms with Crippen molar-refractivity contribution in [2.75, 3.05) is 12.3 Å². The first-order valence-corrected chi connectivity index (χ1v) is 8.70. The van der Waals surface area contributed by atoms with Gasteiger partial charge < -0.3 is 15.6 Å². The van der Waals surface area contributed by atoms with Crippen LogP contribution in [0.2, 0.25) is 5.02 Å². The molecular weight excluding hydrogens is 390 g/mol. The number of esters is 1. The van der Waals surface area contributed by atoms with E-state index in [0.29, 0.717) is 0 Å². The fraction of sp³-hybridized carbons (Fsp3) is 0.333. The van der Waals surface area contributed by atoms with Gasteiger partial charge in [0.2, 0.25) is 5.78 Å². The lowest BCUT2D eigenvalue weighted by Gasteiger charge is -2.16. The molecule has 0 radical (unpaired) electrons. The molecule has 0 saturated heterocycles. The number of rotatable bonds is 6. The van der Waals surface area contributed by atoms with Gasteiger partial charge in [-0.15, -0.1) is 0 Å². The highest BCUT2D eigenvalue weighted by molar-refractivity contribution is 6.31. The number of nitrogens with two attached hydrogens (primary N) is 1. The minimum atomic E-state index is -1.00. The van der Waals surface area contributed by atoms with Gasteiger partial charge in [-0.1, -0.05) is 25.4 Å². The van der Waals surface area contributed by atoms with E-state index in [0.717, 1.165) is 9.13 Å². The number of halogens is 1. The maximum Gasteiger partial charge on any atom is 0.342 e. The topological polar surface area (TPSA) is 134 Å². The van der Waals surface area contributed by atoms with E-state index in [1.54, 1.807) is 0 Å². The average molecular weight is 410 g/mol. The molecule has 0 aliphatic heterocycles. The highest BCUT2D eigenvalue weighted by Crippen LogP contribution is 2.22. The molecule has 0 fully saturated rings. The first-order chi connectivity index (χ1) is 13.0. The number of phenolic OH excluding ortho intramolecular Hbond substituents is 1. The fourth-order valence-corrected chi connectivity index (χ4v) is 2.71. The molecule has 0 atom stereocenters. The molecule has 1 aromatic carbocycles. The molecule has 10 heteroatoms. The zero-order valence-corrected chi connectivity index (χ0v) is 16.3. The lowest BCUT2D eigenvalue weighted by atomic mass is 10.1. The second-order valence-corrected chi connectivity index (χ2v) is 7.01. The van der Waals surface area contributed by atoms with Crippen molar-refractivity contribution in [2.24, 2.45) is 13.0 Å². The minimum absolute atomic E-state index is 0.0316. The molecule has 150 valence electrons. The van der Waals surface area contributed by atoms with Crippen LogP contribution in [-0.4, -0.2) is 32.6 Å². The van der Waals surface area contributed by atoms with Crippen molar-refractivity contribution in [3.05, 3.63) is 55.2 Å². The highest BCUT2D eigenvalue weighted by Gasteiger charge is 2.23. The third-order valence-electron chi connectivity index (χ3n) is 3.92. The first-order valence-electron chi connectivity index (χ1n) is 8.32. The van der Waals surface area contributed by atoms with Gasteiger partial charge in [0.15, 0.2) is 6.61 Å². The molecular formula is C18H20ClN3O6. The van der Waals surface area contributed by atoms with E-state index < -0.39 is 35.2 Å². The number of ether oxygens (including phenoxy) is 1. The summed E-state index contributed by atoms with van der Waals surface area (Å²) in [6.07, 6.45) is 0. The number of carbonyl (C=O) groups is 2. The third-order valence-corrected chi connectivity index (χ3v) is 4.16. The highest BCUT2D eigenvalue weighted by atomic mass is 35.5. The number of aromatic hydroxyl groups is 1. The monoisotopic (exact) mass is 409 g/mol. The number of phenols is 1. The molecule has 0 saturated carbocycles. The number of carbonyl (C=O) groups excluding carboxylic acids is 2. The Kier molecular flexibility index (Phi) is 6.30. The van der Waals surface area contributed by atoms with Gasteiger partial charge >= 0.3 is 11.7 Å². The van der Waals surface area contributed by atoms with Gasteiger partial charge in [-0.3, -0.25) is 18.7 Å². The third kappa shape index (κ3) is 4.25. The lowest BCUT2D eigenvalue weighted by Crippen LogP contribution is -2.43. The number of aromatic nitrogens is 2. The summed E-state index contributed by atoms with van der Waals surface area (Å²) in [5.74, 6) is -2.50. The number of Topliss-reactive ketones (excluding diaryl/α,β-unsaturated/α-hetero) is 1. The van der Waals surface area contributed by atoms with E-state index in [4.69, 9.17) is 22.1 Å². The summed E-state index contributed by atoms with van der Waals surface area (Å²) < 4.78 is 6.79. The van der Waals surface area contributed by atoms with Crippen molar-refractivity contribution < 1.29 is 19.4 Å². The zero-order chi connectivity index (χ0) is 21.2. The van der Waals surface area contributed by atoms with Crippen LogP contribution in [0.3, 0.4) is 0 Å². The molecule has 0 spiro atoms. The van der Waals surface area contributed by atoms with Crippen molar-refractivity contribution >= 4 is 29.2 Å². The predicted octanol–water partition coefficient (Wildman–Crippen LogP) is 1.18. The fourth-order valence-electron chi connectivity index (χ4n) is 2.54. The molecule has 1 heterocycles.